The SMILES string of the molecule is CC(=O)N(C)Cc1ccc(-c2noc(C(F)(F)F)n2)s1. The molecule has 2 aromatic rings. The van der Waals surface area contributed by atoms with Gasteiger partial charge in [-0.1, -0.05) is 5.16 Å². The maximum atomic E-state index is 12.3. The lowest BCUT2D eigenvalue weighted by Gasteiger charge is -2.12. The van der Waals surface area contributed by atoms with Gasteiger partial charge in [0.1, 0.15) is 0 Å². The zero-order valence-corrected chi connectivity index (χ0v) is 11.4. The predicted molar refractivity (Wildman–Crippen MR) is 64.8 cm³/mol. The van der Waals surface area contributed by atoms with Crippen LogP contribution in [0.4, 0.5) is 13.2 Å². The molecule has 0 spiro atoms. The van der Waals surface area contributed by atoms with Crippen LogP contribution in [0.3, 0.4) is 0 Å². The molecule has 0 aliphatic carbocycles. The maximum Gasteiger partial charge on any atom is 0.471 e. The second kappa shape index (κ2) is 5.23. The van der Waals surface area contributed by atoms with Crippen LogP contribution >= 0.6 is 11.3 Å². The average molecular weight is 305 g/mol. The lowest BCUT2D eigenvalue weighted by Crippen LogP contribution is -2.22. The smallest absolute Gasteiger partial charge is 0.341 e. The van der Waals surface area contributed by atoms with Crippen LogP contribution in [0.1, 0.15) is 17.7 Å². The minimum Gasteiger partial charge on any atom is -0.341 e. The van der Waals surface area contributed by atoms with E-state index >= 15 is 0 Å². The molecule has 0 aromatic carbocycles. The first-order valence-corrected chi connectivity index (χ1v) is 6.30. The van der Waals surface area contributed by atoms with Crippen molar-refractivity contribution >= 4 is 17.2 Å². The Bertz CT molecular complexity index is 620. The van der Waals surface area contributed by atoms with Gasteiger partial charge in [-0.25, -0.2) is 0 Å². The first-order valence-electron chi connectivity index (χ1n) is 5.49. The van der Waals surface area contributed by atoms with E-state index in [0.29, 0.717) is 11.4 Å². The number of carbonyl (C=O) groups excluding carboxylic acids is 1. The molecule has 0 N–H and O–H groups in total. The monoisotopic (exact) mass is 305 g/mol. The van der Waals surface area contributed by atoms with Gasteiger partial charge in [-0.05, 0) is 12.1 Å². The van der Waals surface area contributed by atoms with Gasteiger partial charge < -0.3 is 9.42 Å². The third-order valence-corrected chi connectivity index (χ3v) is 3.55. The van der Waals surface area contributed by atoms with Gasteiger partial charge in [-0.3, -0.25) is 4.79 Å². The number of hydrogen-bond donors (Lipinski definition) is 0. The van der Waals surface area contributed by atoms with Crippen molar-refractivity contribution in [1.29, 1.82) is 0 Å². The summed E-state index contributed by atoms with van der Waals surface area (Å²) in [6.45, 7) is 1.81. The molecular formula is C11H10F3N3O2S. The number of thiophene rings is 1. The largest absolute Gasteiger partial charge is 0.471 e. The van der Waals surface area contributed by atoms with E-state index in [1.807, 2.05) is 0 Å². The summed E-state index contributed by atoms with van der Waals surface area (Å²) in [4.78, 5) is 17.2. The minimum atomic E-state index is -4.65. The Morgan fingerprint density at radius 2 is 2.15 bits per heavy atom. The molecular weight excluding hydrogens is 295 g/mol. The van der Waals surface area contributed by atoms with Crippen LogP contribution in [0.5, 0.6) is 0 Å². The van der Waals surface area contributed by atoms with Crippen molar-refractivity contribution in [3.05, 3.63) is 22.9 Å². The molecule has 0 radical (unpaired) electrons. The molecule has 108 valence electrons. The van der Waals surface area contributed by atoms with Crippen molar-refractivity contribution in [2.75, 3.05) is 7.05 Å². The highest BCUT2D eigenvalue weighted by atomic mass is 32.1. The molecule has 1 amide bonds. The topological polar surface area (TPSA) is 59.2 Å². The third-order valence-electron chi connectivity index (χ3n) is 2.48. The Morgan fingerprint density at radius 1 is 1.45 bits per heavy atom. The highest BCUT2D eigenvalue weighted by molar-refractivity contribution is 7.15. The van der Waals surface area contributed by atoms with Crippen molar-refractivity contribution in [2.24, 2.45) is 0 Å². The van der Waals surface area contributed by atoms with Gasteiger partial charge in [0.2, 0.25) is 11.7 Å². The van der Waals surface area contributed by atoms with E-state index in [4.69, 9.17) is 0 Å². The number of nitrogens with zero attached hydrogens (tertiary/aromatic N) is 3. The quantitative estimate of drug-likeness (QED) is 0.875. The Hall–Kier alpha value is -1.90. The molecule has 0 saturated carbocycles. The zero-order valence-electron chi connectivity index (χ0n) is 10.6. The molecule has 0 unspecified atom stereocenters. The van der Waals surface area contributed by atoms with Gasteiger partial charge in [-0.15, -0.1) is 11.3 Å². The van der Waals surface area contributed by atoms with Crippen molar-refractivity contribution in [2.45, 2.75) is 19.6 Å². The van der Waals surface area contributed by atoms with Gasteiger partial charge in [0.25, 0.3) is 0 Å². The number of carbonyl (C=O) groups is 1. The molecule has 2 heterocycles. The highest BCUT2D eigenvalue weighted by Gasteiger charge is 2.38. The molecule has 0 aliphatic heterocycles. The lowest BCUT2D eigenvalue weighted by atomic mass is 10.4. The fourth-order valence-electron chi connectivity index (χ4n) is 1.37. The van der Waals surface area contributed by atoms with Crippen molar-refractivity contribution in [3.63, 3.8) is 0 Å². The molecule has 9 heteroatoms. The van der Waals surface area contributed by atoms with E-state index in [1.54, 1.807) is 19.2 Å². The second-order valence-corrected chi connectivity index (χ2v) is 5.23. The number of rotatable bonds is 3. The third kappa shape index (κ3) is 3.16. The molecule has 2 aromatic heterocycles. The standard InChI is InChI=1S/C11H10F3N3O2S/c1-6(18)17(2)5-7-3-4-8(20-7)9-15-10(19-16-9)11(12,13)14/h3-4H,5H2,1-2H3. The summed E-state index contributed by atoms with van der Waals surface area (Å²) in [5.74, 6) is -1.58. The van der Waals surface area contributed by atoms with Crippen LogP contribution in [-0.4, -0.2) is 28.0 Å². The van der Waals surface area contributed by atoms with Crippen molar-refractivity contribution in [3.8, 4) is 10.7 Å². The summed E-state index contributed by atoms with van der Waals surface area (Å²) in [6, 6.07) is 3.31. The molecule has 0 atom stereocenters. The summed E-state index contributed by atoms with van der Waals surface area (Å²) in [5, 5.41) is 3.30. The normalized spacial score (nSPS) is 11.7. The van der Waals surface area contributed by atoms with Gasteiger partial charge >= 0.3 is 12.1 Å². The Labute approximate surface area is 116 Å². The fraction of sp³-hybridized carbons (Fsp3) is 0.364. The number of aromatic nitrogens is 2. The summed E-state index contributed by atoms with van der Waals surface area (Å²) < 4.78 is 41.2. The van der Waals surface area contributed by atoms with Crippen LogP contribution in [0, 0.1) is 0 Å². The summed E-state index contributed by atoms with van der Waals surface area (Å²) in [6.07, 6.45) is -4.65. The summed E-state index contributed by atoms with van der Waals surface area (Å²) >= 11 is 1.21. The average Bonchev–Trinajstić information content (AvgIpc) is 2.94. The number of hydrogen-bond acceptors (Lipinski definition) is 5. The number of amides is 1. The Kier molecular flexibility index (Phi) is 3.80. The van der Waals surface area contributed by atoms with Crippen LogP contribution in [-0.2, 0) is 17.5 Å². The Balaban J connectivity index is 2.17. The summed E-state index contributed by atoms with van der Waals surface area (Å²) in [7, 11) is 1.64. The van der Waals surface area contributed by atoms with E-state index in [-0.39, 0.29) is 11.7 Å². The van der Waals surface area contributed by atoms with Gasteiger partial charge in [0, 0.05) is 18.8 Å². The van der Waals surface area contributed by atoms with E-state index in [2.05, 4.69) is 14.7 Å². The molecule has 2 rings (SSSR count). The van der Waals surface area contributed by atoms with Crippen molar-refractivity contribution < 1.29 is 22.5 Å². The van der Waals surface area contributed by atoms with Crippen LogP contribution in [0.15, 0.2) is 16.7 Å². The fourth-order valence-corrected chi connectivity index (χ4v) is 2.35. The van der Waals surface area contributed by atoms with E-state index in [0.717, 1.165) is 4.88 Å². The zero-order chi connectivity index (χ0) is 14.9. The minimum absolute atomic E-state index is 0.0983. The van der Waals surface area contributed by atoms with Gasteiger partial charge in [0.05, 0.1) is 11.4 Å². The van der Waals surface area contributed by atoms with E-state index in [9.17, 15) is 18.0 Å². The van der Waals surface area contributed by atoms with Crippen LogP contribution in [0.2, 0.25) is 0 Å². The molecule has 20 heavy (non-hydrogen) atoms. The van der Waals surface area contributed by atoms with Gasteiger partial charge in [-0.2, -0.15) is 18.2 Å². The first-order chi connectivity index (χ1) is 9.27. The summed E-state index contributed by atoms with van der Waals surface area (Å²) in [5.41, 5.74) is 0. The first kappa shape index (κ1) is 14.5. The maximum absolute atomic E-state index is 12.3. The second-order valence-electron chi connectivity index (χ2n) is 4.06. The lowest BCUT2D eigenvalue weighted by molar-refractivity contribution is -0.159. The molecule has 0 aliphatic rings. The predicted octanol–water partition coefficient (Wildman–Crippen LogP) is 2.80. The van der Waals surface area contributed by atoms with Crippen LogP contribution in [0.25, 0.3) is 10.7 Å². The van der Waals surface area contributed by atoms with Crippen molar-refractivity contribution in [1.82, 2.24) is 15.0 Å². The molecule has 5 nitrogen and oxygen atoms in total. The number of alkyl halides is 3. The van der Waals surface area contributed by atoms with Gasteiger partial charge in [0.15, 0.2) is 0 Å². The Morgan fingerprint density at radius 3 is 2.70 bits per heavy atom. The molecule has 0 bridgehead atoms. The number of halogens is 3. The highest BCUT2D eigenvalue weighted by Crippen LogP contribution is 2.31. The molecule has 0 fully saturated rings. The van der Waals surface area contributed by atoms with E-state index < -0.39 is 12.1 Å². The van der Waals surface area contributed by atoms with Crippen LogP contribution < -0.4 is 0 Å². The molecule has 0 saturated heterocycles. The van der Waals surface area contributed by atoms with E-state index in [1.165, 1.54) is 23.2 Å².